The Labute approximate surface area is 122 Å². The molecule has 0 saturated carbocycles. The lowest BCUT2D eigenvalue weighted by atomic mass is 10.1. The molecule has 1 rings (SSSR count). The number of hydrogen-bond acceptors (Lipinski definition) is 2. The molecule has 0 fully saturated rings. The summed E-state index contributed by atoms with van der Waals surface area (Å²) in [5.74, 6) is -0.166. The van der Waals surface area contributed by atoms with Crippen molar-refractivity contribution < 1.29 is 4.79 Å². The first-order chi connectivity index (χ1) is 7.91. The number of carbonyl (C=O) groups is 1. The van der Waals surface area contributed by atoms with E-state index in [1.807, 2.05) is 19.1 Å². The molecule has 0 aliphatic carbocycles. The first kappa shape index (κ1) is 14.6. The predicted molar refractivity (Wildman–Crippen MR) is 80.1 cm³/mol. The zero-order chi connectivity index (χ0) is 13.0. The van der Waals surface area contributed by atoms with Crippen molar-refractivity contribution in [2.75, 3.05) is 6.54 Å². The molecule has 1 atom stereocenters. The number of hydrogen-bond donors (Lipinski definition) is 2. The molecular weight excluding hydrogens is 368 g/mol. The summed E-state index contributed by atoms with van der Waals surface area (Å²) in [5.41, 5.74) is 6.06. The van der Waals surface area contributed by atoms with E-state index in [9.17, 15) is 4.79 Å². The number of halogens is 2. The van der Waals surface area contributed by atoms with Gasteiger partial charge in [0.2, 0.25) is 0 Å². The second kappa shape index (κ2) is 6.47. The van der Waals surface area contributed by atoms with Gasteiger partial charge < -0.3 is 11.1 Å². The van der Waals surface area contributed by atoms with E-state index in [4.69, 9.17) is 18.0 Å². The van der Waals surface area contributed by atoms with E-state index >= 15 is 0 Å². The number of carbonyl (C=O) groups excluding carboxylic acids is 1. The standard InChI is InChI=1S/C11H12Br2N2OS/c1-6(10(14)17)5-15-11(16)8-4-7(12)2-3-9(8)13/h2-4,6H,5H2,1H3,(H2,14,17)(H,15,16). The van der Waals surface area contributed by atoms with Gasteiger partial charge in [-0.15, -0.1) is 0 Å². The maximum atomic E-state index is 11.9. The molecule has 0 radical (unpaired) electrons. The fourth-order valence-electron chi connectivity index (χ4n) is 1.11. The minimum Gasteiger partial charge on any atom is -0.393 e. The van der Waals surface area contributed by atoms with Crippen LogP contribution in [0.25, 0.3) is 0 Å². The fraction of sp³-hybridized carbons (Fsp3) is 0.273. The zero-order valence-corrected chi connectivity index (χ0v) is 13.2. The first-order valence-corrected chi connectivity index (χ1v) is 6.93. The summed E-state index contributed by atoms with van der Waals surface area (Å²) in [7, 11) is 0. The quantitative estimate of drug-likeness (QED) is 0.791. The van der Waals surface area contributed by atoms with Crippen LogP contribution in [0.15, 0.2) is 27.1 Å². The average Bonchev–Trinajstić information content (AvgIpc) is 2.28. The molecule has 0 spiro atoms. The van der Waals surface area contributed by atoms with E-state index in [0.717, 1.165) is 8.95 Å². The van der Waals surface area contributed by atoms with E-state index in [1.165, 1.54) is 0 Å². The van der Waals surface area contributed by atoms with Crippen molar-refractivity contribution >= 4 is 55.0 Å². The third-order valence-corrected chi connectivity index (χ3v) is 3.81. The number of rotatable bonds is 4. The van der Waals surface area contributed by atoms with Crippen LogP contribution in [-0.2, 0) is 0 Å². The number of amides is 1. The Morgan fingerprint density at radius 1 is 1.53 bits per heavy atom. The molecule has 0 aromatic heterocycles. The highest BCUT2D eigenvalue weighted by molar-refractivity contribution is 9.11. The molecule has 0 heterocycles. The zero-order valence-electron chi connectivity index (χ0n) is 9.17. The van der Waals surface area contributed by atoms with Gasteiger partial charge in [0.05, 0.1) is 10.6 Å². The molecule has 1 aromatic carbocycles. The summed E-state index contributed by atoms with van der Waals surface area (Å²) in [5, 5.41) is 2.79. The Balaban J connectivity index is 2.70. The van der Waals surface area contributed by atoms with Crippen molar-refractivity contribution in [3.8, 4) is 0 Å². The lowest BCUT2D eigenvalue weighted by Gasteiger charge is -2.11. The van der Waals surface area contributed by atoms with Crippen LogP contribution in [-0.4, -0.2) is 17.4 Å². The van der Waals surface area contributed by atoms with Gasteiger partial charge in [0.15, 0.2) is 0 Å². The van der Waals surface area contributed by atoms with Crippen LogP contribution in [0, 0.1) is 5.92 Å². The van der Waals surface area contributed by atoms with Gasteiger partial charge in [-0.25, -0.2) is 0 Å². The Bertz CT molecular complexity index is 451. The van der Waals surface area contributed by atoms with Gasteiger partial charge in [0.1, 0.15) is 0 Å². The van der Waals surface area contributed by atoms with Gasteiger partial charge in [-0.2, -0.15) is 0 Å². The van der Waals surface area contributed by atoms with Crippen LogP contribution in [0.1, 0.15) is 17.3 Å². The molecule has 1 amide bonds. The molecule has 1 unspecified atom stereocenters. The van der Waals surface area contributed by atoms with Crippen LogP contribution in [0.2, 0.25) is 0 Å². The van der Waals surface area contributed by atoms with Crippen molar-refractivity contribution in [1.29, 1.82) is 0 Å². The third kappa shape index (κ3) is 4.37. The molecule has 3 nitrogen and oxygen atoms in total. The predicted octanol–water partition coefficient (Wildman–Crippen LogP) is 2.86. The van der Waals surface area contributed by atoms with Gasteiger partial charge >= 0.3 is 0 Å². The molecule has 3 N–H and O–H groups in total. The lowest BCUT2D eigenvalue weighted by molar-refractivity contribution is 0.0950. The van der Waals surface area contributed by atoms with Crippen LogP contribution < -0.4 is 11.1 Å². The normalized spacial score (nSPS) is 11.9. The smallest absolute Gasteiger partial charge is 0.252 e. The average molecular weight is 380 g/mol. The summed E-state index contributed by atoms with van der Waals surface area (Å²) in [6.07, 6.45) is 0. The second-order valence-corrected chi connectivity index (χ2v) is 5.88. The fourth-order valence-corrected chi connectivity index (χ4v) is 1.98. The number of nitrogens with one attached hydrogen (secondary N) is 1. The highest BCUT2D eigenvalue weighted by Gasteiger charge is 2.12. The van der Waals surface area contributed by atoms with Crippen LogP contribution in [0.3, 0.4) is 0 Å². The minimum atomic E-state index is -0.152. The van der Waals surface area contributed by atoms with Crippen LogP contribution in [0.4, 0.5) is 0 Å². The van der Waals surface area contributed by atoms with Crippen LogP contribution in [0.5, 0.6) is 0 Å². The summed E-state index contributed by atoms with van der Waals surface area (Å²) in [6.45, 7) is 2.31. The highest BCUT2D eigenvalue weighted by Crippen LogP contribution is 2.21. The molecule has 1 aromatic rings. The summed E-state index contributed by atoms with van der Waals surface area (Å²) in [6, 6.07) is 5.43. The van der Waals surface area contributed by atoms with Gasteiger partial charge in [-0.1, -0.05) is 35.1 Å². The maximum Gasteiger partial charge on any atom is 0.252 e. The Hall–Kier alpha value is -0.460. The molecular formula is C11H12Br2N2OS. The van der Waals surface area contributed by atoms with E-state index in [0.29, 0.717) is 17.1 Å². The van der Waals surface area contributed by atoms with Crippen molar-refractivity contribution in [3.63, 3.8) is 0 Å². The summed E-state index contributed by atoms with van der Waals surface area (Å²) >= 11 is 11.5. The molecule has 0 aliphatic rings. The SMILES string of the molecule is CC(CNC(=O)c1cc(Br)ccc1Br)C(N)=S. The van der Waals surface area contributed by atoms with Crippen molar-refractivity contribution in [1.82, 2.24) is 5.32 Å². The van der Waals surface area contributed by atoms with Crippen molar-refractivity contribution in [2.24, 2.45) is 11.7 Å². The topological polar surface area (TPSA) is 55.1 Å². The summed E-state index contributed by atoms with van der Waals surface area (Å²) in [4.78, 5) is 12.3. The highest BCUT2D eigenvalue weighted by atomic mass is 79.9. The maximum absolute atomic E-state index is 11.9. The monoisotopic (exact) mass is 378 g/mol. The largest absolute Gasteiger partial charge is 0.393 e. The Morgan fingerprint density at radius 2 is 2.18 bits per heavy atom. The second-order valence-electron chi connectivity index (χ2n) is 3.64. The lowest BCUT2D eigenvalue weighted by Crippen LogP contribution is -2.33. The Morgan fingerprint density at radius 3 is 2.76 bits per heavy atom. The van der Waals surface area contributed by atoms with E-state index < -0.39 is 0 Å². The van der Waals surface area contributed by atoms with E-state index in [2.05, 4.69) is 37.2 Å². The first-order valence-electron chi connectivity index (χ1n) is 4.94. The number of nitrogens with two attached hydrogens (primary N) is 1. The molecule has 0 aliphatic heterocycles. The van der Waals surface area contributed by atoms with Gasteiger partial charge in [-0.05, 0) is 34.1 Å². The van der Waals surface area contributed by atoms with Crippen molar-refractivity contribution in [2.45, 2.75) is 6.92 Å². The van der Waals surface area contributed by atoms with E-state index in [1.54, 1.807) is 6.07 Å². The van der Waals surface area contributed by atoms with E-state index in [-0.39, 0.29) is 11.8 Å². The molecule has 17 heavy (non-hydrogen) atoms. The van der Waals surface area contributed by atoms with Gasteiger partial charge in [0, 0.05) is 21.4 Å². The van der Waals surface area contributed by atoms with Gasteiger partial charge in [0.25, 0.3) is 5.91 Å². The molecule has 6 heteroatoms. The molecule has 92 valence electrons. The minimum absolute atomic E-state index is 0.0140. The summed E-state index contributed by atoms with van der Waals surface area (Å²) < 4.78 is 1.61. The van der Waals surface area contributed by atoms with Crippen molar-refractivity contribution in [3.05, 3.63) is 32.7 Å². The number of thiocarbonyl (C=S) groups is 1. The van der Waals surface area contributed by atoms with Gasteiger partial charge in [-0.3, -0.25) is 4.79 Å². The number of benzene rings is 1. The molecule has 0 saturated heterocycles. The molecule has 0 bridgehead atoms. The third-order valence-electron chi connectivity index (χ3n) is 2.23. The van der Waals surface area contributed by atoms with Crippen LogP contribution >= 0.6 is 44.1 Å². The Kier molecular flexibility index (Phi) is 5.55.